The molecular weight excluding hydrogens is 514 g/mol. The smallest absolute Gasteiger partial charge is 0.247 e. The Kier molecular flexibility index (Phi) is 10.9. The summed E-state index contributed by atoms with van der Waals surface area (Å²) in [4.78, 5) is 26.2. The van der Waals surface area contributed by atoms with Gasteiger partial charge in [-0.25, -0.2) is 9.97 Å². The van der Waals surface area contributed by atoms with Crippen molar-refractivity contribution in [3.8, 4) is 11.3 Å². The first-order valence-electron chi connectivity index (χ1n) is 13.6. The first kappa shape index (κ1) is 31.2. The fourth-order valence-corrected chi connectivity index (χ4v) is 4.43. The van der Waals surface area contributed by atoms with Crippen molar-refractivity contribution in [1.29, 1.82) is 0 Å². The Hall–Kier alpha value is -4.37. The molecule has 0 saturated carbocycles. The fourth-order valence-electron chi connectivity index (χ4n) is 4.43. The van der Waals surface area contributed by atoms with Crippen LogP contribution >= 0.6 is 0 Å². The van der Waals surface area contributed by atoms with E-state index in [0.717, 1.165) is 46.5 Å². The van der Waals surface area contributed by atoms with Crippen molar-refractivity contribution in [2.24, 2.45) is 13.0 Å². The average Bonchev–Trinajstić information content (AvgIpc) is 3.28. The topological polar surface area (TPSA) is 87.5 Å². The number of benzene rings is 1. The zero-order valence-electron chi connectivity index (χ0n) is 25.5. The highest BCUT2D eigenvalue weighted by atomic mass is 16.5. The Balaban J connectivity index is 2.06. The number of ether oxygens (including phenoxy) is 1. The lowest BCUT2D eigenvalue weighted by atomic mass is 9.99. The van der Waals surface area contributed by atoms with Crippen LogP contribution in [0.25, 0.3) is 22.2 Å². The van der Waals surface area contributed by atoms with Gasteiger partial charge in [0.1, 0.15) is 6.26 Å². The van der Waals surface area contributed by atoms with E-state index in [0.29, 0.717) is 17.3 Å². The van der Waals surface area contributed by atoms with E-state index in [-0.39, 0.29) is 11.8 Å². The van der Waals surface area contributed by atoms with Gasteiger partial charge in [-0.1, -0.05) is 38.6 Å². The molecule has 3 rings (SSSR count). The van der Waals surface area contributed by atoms with E-state index in [1.807, 2.05) is 52.5 Å². The summed E-state index contributed by atoms with van der Waals surface area (Å²) in [5.41, 5.74) is 6.17. The number of nitrogens with zero attached hydrogens (tertiary/aromatic N) is 5. The standard InChI is InChI=1S/C32H43N7O2/c1-10-30(40)35-28(31(23(4)22(2)3)38(7)18-17-37(5)6)19-24(21-41-9)34-32-33-16-15-27(36-32)26-20-39(8)29-14-12-11-13-25(26)29/h10-16,19-22H,1,17-18H2,2-9H3,(H,35,40)(H,33,34,36)/b24-21-,28-19+,31-23-. The summed E-state index contributed by atoms with van der Waals surface area (Å²) in [6.07, 6.45) is 8.47. The van der Waals surface area contributed by atoms with Crippen molar-refractivity contribution < 1.29 is 9.53 Å². The van der Waals surface area contributed by atoms with Crippen LogP contribution in [0.1, 0.15) is 20.8 Å². The predicted molar refractivity (Wildman–Crippen MR) is 168 cm³/mol. The molecule has 218 valence electrons. The van der Waals surface area contributed by atoms with Crippen LogP contribution in [-0.4, -0.2) is 71.6 Å². The molecule has 0 saturated heterocycles. The average molecular weight is 558 g/mol. The number of amides is 1. The minimum Gasteiger partial charge on any atom is -0.502 e. The summed E-state index contributed by atoms with van der Waals surface area (Å²) >= 11 is 0. The number of para-hydroxylation sites is 1. The van der Waals surface area contributed by atoms with Gasteiger partial charge in [0.05, 0.1) is 29.9 Å². The number of methoxy groups -OCH3 is 1. The van der Waals surface area contributed by atoms with E-state index < -0.39 is 0 Å². The molecule has 0 unspecified atom stereocenters. The number of hydrogen-bond acceptors (Lipinski definition) is 7. The predicted octanol–water partition coefficient (Wildman–Crippen LogP) is 5.14. The van der Waals surface area contributed by atoms with Gasteiger partial charge in [-0.15, -0.1) is 0 Å². The van der Waals surface area contributed by atoms with Gasteiger partial charge in [0, 0.05) is 56.0 Å². The first-order valence-corrected chi connectivity index (χ1v) is 13.6. The fraction of sp³-hybridized carbons (Fsp3) is 0.344. The normalized spacial score (nSPS) is 12.9. The monoisotopic (exact) mass is 557 g/mol. The van der Waals surface area contributed by atoms with Crippen molar-refractivity contribution in [2.45, 2.75) is 20.8 Å². The van der Waals surface area contributed by atoms with E-state index in [4.69, 9.17) is 9.72 Å². The number of nitrogens with one attached hydrogen (secondary N) is 2. The summed E-state index contributed by atoms with van der Waals surface area (Å²) in [6.45, 7) is 11.6. The number of allylic oxidation sites excluding steroid dienone is 2. The SMILES string of the molecule is C=CC(=O)NC(=C/C(=C/OC)Nc1nccc(-c2cn(C)c3ccccc23)n1)/C(=C(\C)C(C)C)N(C)CCN(C)C. The Morgan fingerprint density at radius 1 is 1.17 bits per heavy atom. The molecule has 9 heteroatoms. The third-order valence-corrected chi connectivity index (χ3v) is 6.83. The van der Waals surface area contributed by atoms with Crippen molar-refractivity contribution in [3.63, 3.8) is 0 Å². The molecule has 0 radical (unpaired) electrons. The molecule has 9 nitrogen and oxygen atoms in total. The number of aromatic nitrogens is 3. The maximum Gasteiger partial charge on any atom is 0.247 e. The van der Waals surface area contributed by atoms with E-state index in [9.17, 15) is 4.79 Å². The molecule has 0 fully saturated rings. The third kappa shape index (κ3) is 8.08. The Bertz CT molecular complexity index is 1460. The molecule has 0 bridgehead atoms. The largest absolute Gasteiger partial charge is 0.502 e. The molecule has 41 heavy (non-hydrogen) atoms. The van der Waals surface area contributed by atoms with Crippen LogP contribution in [-0.2, 0) is 16.6 Å². The summed E-state index contributed by atoms with van der Waals surface area (Å²) < 4.78 is 7.50. The highest BCUT2D eigenvalue weighted by molar-refractivity contribution is 5.95. The van der Waals surface area contributed by atoms with E-state index in [1.54, 1.807) is 19.6 Å². The number of carbonyl (C=O) groups is 1. The van der Waals surface area contributed by atoms with Crippen molar-refractivity contribution in [3.05, 3.63) is 90.4 Å². The zero-order chi connectivity index (χ0) is 30.1. The second-order valence-corrected chi connectivity index (χ2v) is 10.5. The van der Waals surface area contributed by atoms with Crippen LogP contribution in [0.4, 0.5) is 5.95 Å². The Morgan fingerprint density at radius 3 is 2.56 bits per heavy atom. The van der Waals surface area contributed by atoms with Crippen molar-refractivity contribution in [1.82, 2.24) is 29.7 Å². The highest BCUT2D eigenvalue weighted by Crippen LogP contribution is 2.29. The number of aryl methyl sites for hydroxylation is 1. The zero-order valence-corrected chi connectivity index (χ0v) is 25.5. The molecule has 1 amide bonds. The lowest BCUT2D eigenvalue weighted by Gasteiger charge is -2.29. The highest BCUT2D eigenvalue weighted by Gasteiger charge is 2.19. The Morgan fingerprint density at radius 2 is 1.90 bits per heavy atom. The van der Waals surface area contributed by atoms with Gasteiger partial charge in [0.2, 0.25) is 11.9 Å². The van der Waals surface area contributed by atoms with Crippen LogP contribution in [0.15, 0.2) is 90.4 Å². The lowest BCUT2D eigenvalue weighted by Crippen LogP contribution is -2.34. The van der Waals surface area contributed by atoms with E-state index >= 15 is 0 Å². The molecular formula is C32H43N7O2. The van der Waals surface area contributed by atoms with Crippen LogP contribution in [0.3, 0.4) is 0 Å². The molecule has 0 aliphatic heterocycles. The third-order valence-electron chi connectivity index (χ3n) is 6.83. The molecule has 0 aliphatic rings. The molecule has 2 heterocycles. The molecule has 2 N–H and O–H groups in total. The van der Waals surface area contributed by atoms with E-state index in [1.165, 1.54) is 6.08 Å². The molecule has 0 aliphatic carbocycles. The van der Waals surface area contributed by atoms with Crippen molar-refractivity contribution in [2.75, 3.05) is 46.7 Å². The van der Waals surface area contributed by atoms with Crippen LogP contribution < -0.4 is 10.6 Å². The number of rotatable bonds is 13. The number of hydrogen-bond donors (Lipinski definition) is 2. The van der Waals surface area contributed by atoms with Gasteiger partial charge >= 0.3 is 0 Å². The van der Waals surface area contributed by atoms with Crippen LogP contribution in [0, 0.1) is 5.92 Å². The van der Waals surface area contributed by atoms with Gasteiger partial charge in [0.25, 0.3) is 0 Å². The van der Waals surface area contributed by atoms with Crippen LogP contribution in [0.2, 0.25) is 0 Å². The van der Waals surface area contributed by atoms with Gasteiger partial charge in [-0.2, -0.15) is 0 Å². The summed E-state index contributed by atoms with van der Waals surface area (Å²) in [7, 11) is 9.71. The van der Waals surface area contributed by atoms with Gasteiger partial charge in [-0.05, 0) is 56.8 Å². The number of anilines is 1. The minimum atomic E-state index is -0.308. The minimum absolute atomic E-state index is 0.249. The van der Waals surface area contributed by atoms with E-state index in [2.05, 4.69) is 75.7 Å². The number of carbonyl (C=O) groups excluding carboxylic acids is 1. The van der Waals surface area contributed by atoms with Gasteiger partial charge in [-0.3, -0.25) is 4.79 Å². The molecule has 3 aromatic rings. The van der Waals surface area contributed by atoms with Gasteiger partial charge in [0.15, 0.2) is 0 Å². The second kappa shape index (κ2) is 14.3. The summed E-state index contributed by atoms with van der Waals surface area (Å²) in [5.74, 6) is 0.341. The first-order chi connectivity index (χ1) is 19.5. The van der Waals surface area contributed by atoms with Crippen molar-refractivity contribution >= 4 is 22.8 Å². The summed E-state index contributed by atoms with van der Waals surface area (Å²) in [5, 5.41) is 7.41. The second-order valence-electron chi connectivity index (χ2n) is 10.5. The van der Waals surface area contributed by atoms with Gasteiger partial charge < -0.3 is 29.7 Å². The molecule has 0 spiro atoms. The maximum absolute atomic E-state index is 12.6. The van der Waals surface area contributed by atoms with Crippen LogP contribution in [0.5, 0.6) is 0 Å². The quantitative estimate of drug-likeness (QED) is 0.171. The maximum atomic E-state index is 12.6. The number of likely N-dealkylation sites (N-methyl/N-ethyl adjacent to an activating group) is 2. The molecule has 1 aromatic carbocycles. The lowest BCUT2D eigenvalue weighted by molar-refractivity contribution is -0.115. The summed E-state index contributed by atoms with van der Waals surface area (Å²) in [6, 6.07) is 10.1. The molecule has 2 aromatic heterocycles. The Labute approximate surface area is 243 Å². The number of fused-ring (bicyclic) bond motifs is 1. The molecule has 0 atom stereocenters.